The van der Waals surface area contributed by atoms with Crippen LogP contribution in [0.5, 0.6) is 0 Å². The number of benzene rings is 1. The third-order valence-corrected chi connectivity index (χ3v) is 9.30. The molecule has 3 rings (SSSR count). The van der Waals surface area contributed by atoms with Crippen LogP contribution in [0.25, 0.3) is 10.4 Å². The molecule has 0 bridgehead atoms. The van der Waals surface area contributed by atoms with Crippen molar-refractivity contribution in [1.29, 1.82) is 0 Å². The van der Waals surface area contributed by atoms with Crippen molar-refractivity contribution in [2.75, 3.05) is 13.1 Å². The molecule has 2 aromatic rings. The Morgan fingerprint density at radius 1 is 0.978 bits per heavy atom. The van der Waals surface area contributed by atoms with Crippen molar-refractivity contribution in [2.45, 2.75) is 117 Å². The molecule has 1 aromatic carbocycles. The number of carboxylic acid groups (broad SMARTS) is 1. The lowest BCUT2D eigenvalue weighted by atomic mass is 9.85. The second-order valence-electron chi connectivity index (χ2n) is 13.3. The molecule has 0 saturated carbocycles. The molecule has 3 atom stereocenters. The Morgan fingerprint density at radius 2 is 1.61 bits per heavy atom. The maximum atomic E-state index is 13.8. The molecule has 11 nitrogen and oxygen atoms in total. The molecule has 1 aliphatic heterocycles. The molecule has 12 heteroatoms. The molecule has 254 valence electrons. The van der Waals surface area contributed by atoms with Crippen LogP contribution in [0.1, 0.15) is 96.2 Å². The molecule has 1 aliphatic rings. The van der Waals surface area contributed by atoms with Gasteiger partial charge in [-0.3, -0.25) is 14.4 Å². The SMILES string of the molecule is Cc1ncsc1-c1ccc(CNC(=O)[C@@H]2C[C@@H](O)CN2C(=O)C(NC(=O)CCCCCCCCCCNC(=O)O)C(C)(C)C)cc1. The van der Waals surface area contributed by atoms with E-state index in [9.17, 15) is 24.3 Å². The van der Waals surface area contributed by atoms with Gasteiger partial charge >= 0.3 is 6.09 Å². The Bertz CT molecular complexity index is 1290. The van der Waals surface area contributed by atoms with E-state index >= 15 is 0 Å². The van der Waals surface area contributed by atoms with E-state index in [1.165, 1.54) is 4.90 Å². The van der Waals surface area contributed by atoms with E-state index in [4.69, 9.17) is 5.11 Å². The summed E-state index contributed by atoms with van der Waals surface area (Å²) in [6.07, 6.45) is 6.33. The van der Waals surface area contributed by atoms with Crippen molar-refractivity contribution in [2.24, 2.45) is 5.41 Å². The Labute approximate surface area is 276 Å². The number of aliphatic hydroxyl groups is 1. The van der Waals surface area contributed by atoms with Crippen molar-refractivity contribution in [3.8, 4) is 10.4 Å². The van der Waals surface area contributed by atoms with E-state index in [0.717, 1.165) is 73.1 Å². The van der Waals surface area contributed by atoms with Gasteiger partial charge in [-0.2, -0.15) is 0 Å². The molecule has 0 spiro atoms. The minimum atomic E-state index is -0.985. The number of amides is 4. The van der Waals surface area contributed by atoms with Crippen LogP contribution < -0.4 is 16.0 Å². The third-order valence-electron chi connectivity index (χ3n) is 8.32. The topological polar surface area (TPSA) is 161 Å². The number of aliphatic hydroxyl groups excluding tert-OH is 1. The van der Waals surface area contributed by atoms with E-state index in [2.05, 4.69) is 20.9 Å². The Morgan fingerprint density at radius 3 is 2.20 bits per heavy atom. The number of hydrogen-bond donors (Lipinski definition) is 5. The van der Waals surface area contributed by atoms with Crippen LogP contribution in [0.3, 0.4) is 0 Å². The second kappa shape index (κ2) is 18.0. The van der Waals surface area contributed by atoms with Crippen LogP contribution >= 0.6 is 11.3 Å². The molecule has 1 fully saturated rings. The summed E-state index contributed by atoms with van der Waals surface area (Å²) in [5, 5.41) is 27.3. The number of carbonyl (C=O) groups is 4. The molecular formula is C34H51N5O6S. The number of aryl methyl sites for hydroxylation is 1. The van der Waals surface area contributed by atoms with Crippen LogP contribution in [0, 0.1) is 12.3 Å². The van der Waals surface area contributed by atoms with Gasteiger partial charge in [0.25, 0.3) is 0 Å². The first-order chi connectivity index (χ1) is 21.9. The summed E-state index contributed by atoms with van der Waals surface area (Å²) in [6, 6.07) is 6.26. The van der Waals surface area contributed by atoms with E-state index < -0.39 is 29.7 Å². The van der Waals surface area contributed by atoms with Gasteiger partial charge in [-0.05, 0) is 36.3 Å². The molecule has 0 radical (unpaired) electrons. The van der Waals surface area contributed by atoms with Gasteiger partial charge in [-0.25, -0.2) is 9.78 Å². The maximum absolute atomic E-state index is 13.8. The average molecular weight is 658 g/mol. The van der Waals surface area contributed by atoms with Crippen LogP contribution in [0.4, 0.5) is 4.79 Å². The van der Waals surface area contributed by atoms with Crippen molar-refractivity contribution in [3.05, 3.63) is 41.0 Å². The number of nitrogens with one attached hydrogen (secondary N) is 3. The smallest absolute Gasteiger partial charge is 0.404 e. The highest BCUT2D eigenvalue weighted by atomic mass is 32.1. The first kappa shape index (κ1) is 37.0. The lowest BCUT2D eigenvalue weighted by molar-refractivity contribution is -0.144. The fourth-order valence-electron chi connectivity index (χ4n) is 5.68. The number of nitrogens with zero attached hydrogens (tertiary/aromatic N) is 2. The van der Waals surface area contributed by atoms with Gasteiger partial charge in [0, 0.05) is 32.5 Å². The molecule has 1 saturated heterocycles. The Balaban J connectivity index is 1.45. The first-order valence-corrected chi connectivity index (χ1v) is 17.3. The molecule has 1 aromatic heterocycles. The molecule has 1 unspecified atom stereocenters. The van der Waals surface area contributed by atoms with E-state index in [0.29, 0.717) is 19.5 Å². The van der Waals surface area contributed by atoms with Gasteiger partial charge in [0.2, 0.25) is 17.7 Å². The molecular weight excluding hydrogens is 606 g/mol. The monoisotopic (exact) mass is 657 g/mol. The number of likely N-dealkylation sites (tertiary alicyclic amines) is 1. The fraction of sp³-hybridized carbons (Fsp3) is 0.618. The van der Waals surface area contributed by atoms with Gasteiger partial charge in [0.1, 0.15) is 12.1 Å². The first-order valence-electron chi connectivity index (χ1n) is 16.4. The van der Waals surface area contributed by atoms with Crippen LogP contribution in [0.15, 0.2) is 29.8 Å². The standard InChI is InChI=1S/C34H51N5O6S/c1-23-29(46-22-37-23)25-16-14-24(15-17-25)20-36-31(42)27-19-26(40)21-39(27)32(43)30(34(2,3)4)38-28(41)13-11-9-7-5-6-8-10-12-18-35-33(44)45/h14-17,22,26-27,30,35,40H,5-13,18-21H2,1-4H3,(H,36,42)(H,38,41)(H,44,45)/t26-,27+,30?/m1/s1. The maximum Gasteiger partial charge on any atom is 0.404 e. The minimum absolute atomic E-state index is 0.0400. The van der Waals surface area contributed by atoms with Crippen molar-refractivity contribution >= 4 is 35.2 Å². The average Bonchev–Trinajstić information content (AvgIpc) is 3.61. The predicted octanol–water partition coefficient (Wildman–Crippen LogP) is 5.01. The minimum Gasteiger partial charge on any atom is -0.465 e. The largest absolute Gasteiger partial charge is 0.465 e. The number of aromatic nitrogens is 1. The van der Waals surface area contributed by atoms with Gasteiger partial charge in [0.15, 0.2) is 0 Å². The van der Waals surface area contributed by atoms with Crippen molar-refractivity contribution in [3.63, 3.8) is 0 Å². The number of thiazole rings is 1. The Hall–Kier alpha value is -3.51. The summed E-state index contributed by atoms with van der Waals surface area (Å²) >= 11 is 1.58. The van der Waals surface area contributed by atoms with E-state index in [-0.39, 0.29) is 30.7 Å². The fourth-order valence-corrected chi connectivity index (χ4v) is 6.49. The van der Waals surface area contributed by atoms with Crippen LogP contribution in [-0.2, 0) is 20.9 Å². The van der Waals surface area contributed by atoms with Gasteiger partial charge in [-0.15, -0.1) is 11.3 Å². The normalized spacial score (nSPS) is 17.0. The van der Waals surface area contributed by atoms with Crippen molar-refractivity contribution < 1.29 is 29.4 Å². The van der Waals surface area contributed by atoms with Crippen LogP contribution in [-0.4, -0.2) is 75.2 Å². The van der Waals surface area contributed by atoms with Crippen LogP contribution in [0.2, 0.25) is 0 Å². The molecule has 2 heterocycles. The zero-order valence-corrected chi connectivity index (χ0v) is 28.5. The summed E-state index contributed by atoms with van der Waals surface area (Å²) < 4.78 is 0. The molecule has 4 amide bonds. The van der Waals surface area contributed by atoms with Crippen molar-refractivity contribution in [1.82, 2.24) is 25.8 Å². The number of carbonyl (C=O) groups excluding carboxylic acids is 3. The number of β-amino-alcohol motifs (C(OH)–C–C–N with tert-alkyl or cyclic N) is 1. The molecule has 5 N–H and O–H groups in total. The Kier molecular flexibility index (Phi) is 14.5. The third kappa shape index (κ3) is 11.7. The zero-order valence-electron chi connectivity index (χ0n) is 27.6. The van der Waals surface area contributed by atoms with E-state index in [1.54, 1.807) is 11.3 Å². The summed E-state index contributed by atoms with van der Waals surface area (Å²) in [4.78, 5) is 57.3. The highest BCUT2D eigenvalue weighted by Crippen LogP contribution is 2.28. The van der Waals surface area contributed by atoms with Gasteiger partial charge in [0.05, 0.1) is 22.2 Å². The summed E-state index contributed by atoms with van der Waals surface area (Å²) in [6.45, 7) is 8.43. The molecule has 0 aliphatic carbocycles. The lowest BCUT2D eigenvalue weighted by Crippen LogP contribution is -2.57. The predicted molar refractivity (Wildman–Crippen MR) is 179 cm³/mol. The summed E-state index contributed by atoms with van der Waals surface area (Å²) in [5.41, 5.74) is 4.18. The summed E-state index contributed by atoms with van der Waals surface area (Å²) in [7, 11) is 0. The van der Waals surface area contributed by atoms with Gasteiger partial charge in [-0.1, -0.05) is 83.6 Å². The number of unbranched alkanes of at least 4 members (excludes halogenated alkanes) is 7. The zero-order chi connectivity index (χ0) is 33.7. The van der Waals surface area contributed by atoms with Gasteiger partial charge < -0.3 is 31.1 Å². The number of hydrogen-bond acceptors (Lipinski definition) is 7. The lowest BCUT2D eigenvalue weighted by Gasteiger charge is -2.35. The molecule has 46 heavy (non-hydrogen) atoms. The summed E-state index contributed by atoms with van der Waals surface area (Å²) in [5.74, 6) is -0.888. The quantitative estimate of drug-likeness (QED) is 0.150. The highest BCUT2D eigenvalue weighted by molar-refractivity contribution is 7.13. The number of rotatable bonds is 17. The second-order valence-corrected chi connectivity index (χ2v) is 14.1. The van der Waals surface area contributed by atoms with E-state index in [1.807, 2.05) is 57.5 Å². The highest BCUT2D eigenvalue weighted by Gasteiger charge is 2.44.